The second-order valence-electron chi connectivity index (χ2n) is 8.69. The Balaban J connectivity index is 1.36. The number of benzene rings is 3. The molecule has 4 nitrogen and oxygen atoms in total. The molecule has 178 valence electrons. The van der Waals surface area contributed by atoms with Gasteiger partial charge in [0, 0.05) is 5.56 Å². The molecule has 1 aliphatic rings. The van der Waals surface area contributed by atoms with Crippen LogP contribution in [0.5, 0.6) is 5.75 Å². The second-order valence-corrected chi connectivity index (χ2v) is 10.4. The van der Waals surface area contributed by atoms with Crippen LogP contribution >= 0.6 is 22.9 Å². The summed E-state index contributed by atoms with van der Waals surface area (Å²) in [7, 11) is 1.67. The highest BCUT2D eigenvalue weighted by atomic mass is 35.5. The maximum absolute atomic E-state index is 12.6. The zero-order valence-electron chi connectivity index (χ0n) is 19.6. The number of rotatable bonds is 7. The number of halogens is 1. The van der Waals surface area contributed by atoms with Crippen LogP contribution in [0.25, 0.3) is 21.6 Å². The Bertz CT molecular complexity index is 1330. The Hall–Kier alpha value is -3.28. The molecule has 1 aliphatic carbocycles. The minimum absolute atomic E-state index is 0.376. The highest BCUT2D eigenvalue weighted by Crippen LogP contribution is 2.44. The molecular weight excluding hydrogens is 478 g/mol. The van der Waals surface area contributed by atoms with Crippen LogP contribution in [0.15, 0.2) is 78.9 Å². The predicted molar refractivity (Wildman–Crippen MR) is 144 cm³/mol. The fraction of sp³-hybridized carbons (Fsp3) is 0.207. The van der Waals surface area contributed by atoms with Crippen LogP contribution in [0.2, 0.25) is 4.34 Å². The number of hydrogen-bond acceptors (Lipinski definition) is 4. The lowest BCUT2D eigenvalue weighted by Gasteiger charge is -2.15. The zero-order chi connectivity index (χ0) is 24.4. The molecule has 0 aliphatic heterocycles. The van der Waals surface area contributed by atoms with Crippen molar-refractivity contribution in [3.8, 4) is 27.3 Å². The molecule has 0 spiro atoms. The quantitative estimate of drug-likeness (QED) is 0.274. The summed E-state index contributed by atoms with van der Waals surface area (Å²) >= 11 is 7.74. The molecule has 1 atom stereocenters. The summed E-state index contributed by atoms with van der Waals surface area (Å²) in [5.41, 5.74) is 5.97. The number of nitrogens with one attached hydrogen (secondary N) is 1. The van der Waals surface area contributed by atoms with E-state index in [0.717, 1.165) is 38.8 Å². The third-order valence-electron chi connectivity index (χ3n) is 6.23. The zero-order valence-corrected chi connectivity index (χ0v) is 21.2. The third-order valence-corrected chi connectivity index (χ3v) is 7.54. The maximum atomic E-state index is 12.6. The largest absolute Gasteiger partial charge is 0.496 e. The Morgan fingerprint density at radius 2 is 1.71 bits per heavy atom. The normalized spacial score (nSPS) is 13.8. The van der Waals surface area contributed by atoms with Crippen LogP contribution in [-0.4, -0.2) is 13.2 Å². The molecule has 1 N–H and O–H groups in total. The molecule has 0 saturated heterocycles. The van der Waals surface area contributed by atoms with Crippen molar-refractivity contribution in [2.75, 3.05) is 12.4 Å². The van der Waals surface area contributed by atoms with Gasteiger partial charge in [-0.05, 0) is 60.1 Å². The van der Waals surface area contributed by atoms with E-state index in [0.29, 0.717) is 10.0 Å². The Kier molecular flexibility index (Phi) is 6.80. The van der Waals surface area contributed by atoms with Gasteiger partial charge in [0.2, 0.25) is 0 Å². The first-order chi connectivity index (χ1) is 17.0. The predicted octanol–water partition coefficient (Wildman–Crippen LogP) is 8.93. The molecule has 1 saturated carbocycles. The van der Waals surface area contributed by atoms with Gasteiger partial charge < -0.3 is 9.47 Å². The first kappa shape index (κ1) is 23.5. The van der Waals surface area contributed by atoms with Crippen molar-refractivity contribution in [2.24, 2.45) is 0 Å². The van der Waals surface area contributed by atoms with Crippen molar-refractivity contribution < 1.29 is 14.3 Å². The van der Waals surface area contributed by atoms with Crippen molar-refractivity contribution in [3.63, 3.8) is 0 Å². The summed E-state index contributed by atoms with van der Waals surface area (Å²) in [4.78, 5) is 13.5. The van der Waals surface area contributed by atoms with E-state index in [-0.39, 0.29) is 6.10 Å². The monoisotopic (exact) mass is 503 g/mol. The Morgan fingerprint density at radius 1 is 1.00 bits per heavy atom. The number of hydrogen-bond donors (Lipinski definition) is 1. The molecule has 4 aromatic rings. The van der Waals surface area contributed by atoms with Crippen LogP contribution in [0, 0.1) is 0 Å². The summed E-state index contributed by atoms with van der Waals surface area (Å²) in [6, 6.07) is 26.2. The van der Waals surface area contributed by atoms with Crippen molar-refractivity contribution >= 4 is 34.7 Å². The van der Waals surface area contributed by atoms with Crippen molar-refractivity contribution in [1.29, 1.82) is 0 Å². The van der Waals surface area contributed by atoms with E-state index >= 15 is 0 Å². The smallest absolute Gasteiger partial charge is 0.412 e. The lowest BCUT2D eigenvalue weighted by atomic mass is 9.99. The van der Waals surface area contributed by atoms with Gasteiger partial charge in [0.25, 0.3) is 0 Å². The first-order valence-corrected chi connectivity index (χ1v) is 12.8. The van der Waals surface area contributed by atoms with E-state index in [1.165, 1.54) is 29.7 Å². The van der Waals surface area contributed by atoms with Gasteiger partial charge in [-0.25, -0.2) is 4.79 Å². The van der Waals surface area contributed by atoms with Crippen LogP contribution in [0.3, 0.4) is 0 Å². The van der Waals surface area contributed by atoms with Gasteiger partial charge in [-0.3, -0.25) is 5.32 Å². The van der Waals surface area contributed by atoms with E-state index < -0.39 is 6.09 Å². The van der Waals surface area contributed by atoms with E-state index in [1.54, 1.807) is 13.2 Å². The molecule has 35 heavy (non-hydrogen) atoms. The van der Waals surface area contributed by atoms with Gasteiger partial charge in [-0.15, -0.1) is 11.3 Å². The fourth-order valence-corrected chi connectivity index (χ4v) is 5.36. The van der Waals surface area contributed by atoms with E-state index in [9.17, 15) is 4.79 Å². The van der Waals surface area contributed by atoms with Crippen LogP contribution in [-0.2, 0) is 4.74 Å². The standard InChI is InChI=1S/C29H26ClNO3S/c1-18(19-6-4-3-5-7-19)34-29(32)31-25-17-27(30)35-28(25)23-14-15-24(26(16-23)33-2)22-12-10-21(11-13-22)20-8-9-20/h3-7,10-18,20H,8-9H2,1-2H3,(H,31,32). The molecule has 1 heterocycles. The van der Waals surface area contributed by atoms with Crippen molar-refractivity contribution in [1.82, 2.24) is 0 Å². The van der Waals surface area contributed by atoms with Crippen LogP contribution in [0.1, 0.15) is 42.9 Å². The van der Waals surface area contributed by atoms with Gasteiger partial charge in [0.05, 0.1) is 22.0 Å². The lowest BCUT2D eigenvalue weighted by molar-refractivity contribution is 0.121. The molecule has 0 bridgehead atoms. The minimum atomic E-state index is -0.531. The van der Waals surface area contributed by atoms with Gasteiger partial charge in [0.1, 0.15) is 11.9 Å². The minimum Gasteiger partial charge on any atom is -0.496 e. The topological polar surface area (TPSA) is 47.6 Å². The number of methoxy groups -OCH3 is 1. The van der Waals surface area contributed by atoms with Crippen molar-refractivity contribution in [2.45, 2.75) is 31.8 Å². The van der Waals surface area contributed by atoms with E-state index in [1.807, 2.05) is 55.5 Å². The van der Waals surface area contributed by atoms with Crippen molar-refractivity contribution in [3.05, 3.63) is 94.3 Å². The molecule has 1 amide bonds. The van der Waals surface area contributed by atoms with Crippen LogP contribution in [0.4, 0.5) is 10.5 Å². The Morgan fingerprint density at radius 3 is 2.40 bits per heavy atom. The number of thiophene rings is 1. The Labute approximate surface area is 214 Å². The summed E-state index contributed by atoms with van der Waals surface area (Å²) in [6.07, 6.45) is 1.67. The molecule has 1 fully saturated rings. The molecule has 0 radical (unpaired) electrons. The number of carbonyl (C=O) groups excluding carboxylic acids is 1. The maximum Gasteiger partial charge on any atom is 0.412 e. The van der Waals surface area contributed by atoms with Crippen LogP contribution < -0.4 is 10.1 Å². The molecule has 6 heteroatoms. The molecule has 3 aromatic carbocycles. The first-order valence-electron chi connectivity index (χ1n) is 11.6. The number of carbonyl (C=O) groups is 1. The third kappa shape index (κ3) is 5.37. The van der Waals surface area contributed by atoms with Gasteiger partial charge in [-0.2, -0.15) is 0 Å². The second kappa shape index (κ2) is 10.1. The lowest BCUT2D eigenvalue weighted by Crippen LogP contribution is -2.16. The fourth-order valence-electron chi connectivity index (χ4n) is 4.18. The molecule has 5 rings (SSSR count). The highest BCUT2D eigenvalue weighted by molar-refractivity contribution is 7.20. The molecule has 1 unspecified atom stereocenters. The van der Waals surface area contributed by atoms with Gasteiger partial charge in [-0.1, -0.05) is 78.3 Å². The number of ether oxygens (including phenoxy) is 2. The SMILES string of the molecule is COc1cc(-c2sc(Cl)cc2NC(=O)OC(C)c2ccccc2)ccc1-c1ccc(C2CC2)cc1. The van der Waals surface area contributed by atoms with E-state index in [2.05, 4.69) is 29.6 Å². The average molecular weight is 504 g/mol. The van der Waals surface area contributed by atoms with E-state index in [4.69, 9.17) is 21.1 Å². The number of amides is 1. The summed E-state index contributed by atoms with van der Waals surface area (Å²) in [5.74, 6) is 1.49. The summed E-state index contributed by atoms with van der Waals surface area (Å²) < 4.78 is 11.9. The summed E-state index contributed by atoms with van der Waals surface area (Å²) in [5, 5.41) is 2.86. The van der Waals surface area contributed by atoms with Gasteiger partial charge >= 0.3 is 6.09 Å². The number of anilines is 1. The highest BCUT2D eigenvalue weighted by Gasteiger charge is 2.23. The average Bonchev–Trinajstić information content (AvgIpc) is 3.67. The molecular formula is C29H26ClNO3S. The summed E-state index contributed by atoms with van der Waals surface area (Å²) in [6.45, 7) is 1.84. The van der Waals surface area contributed by atoms with Gasteiger partial charge in [0.15, 0.2) is 0 Å². The molecule has 1 aromatic heterocycles.